The molecule has 1 heterocycles. The second-order valence-corrected chi connectivity index (χ2v) is 3.42. The van der Waals surface area contributed by atoms with Gasteiger partial charge in [0.1, 0.15) is 6.61 Å². The van der Waals surface area contributed by atoms with Gasteiger partial charge >= 0.3 is 5.97 Å². The van der Waals surface area contributed by atoms with Crippen LogP contribution in [0.4, 0.5) is 0 Å². The van der Waals surface area contributed by atoms with Crippen LogP contribution in [0.15, 0.2) is 0 Å². The molecule has 0 unspecified atom stereocenters. The SMILES string of the molecule is CCc1nc(C)c(COC(C)=O)nc1C. The molecular weight excluding hydrogens is 192 g/mol. The molecule has 15 heavy (non-hydrogen) atoms. The van der Waals surface area contributed by atoms with Gasteiger partial charge in [-0.25, -0.2) is 0 Å². The number of nitrogens with zero attached hydrogens (tertiary/aromatic N) is 2. The Labute approximate surface area is 89.7 Å². The smallest absolute Gasteiger partial charge is 0.303 e. The highest BCUT2D eigenvalue weighted by molar-refractivity contribution is 5.65. The molecule has 0 aliphatic rings. The zero-order chi connectivity index (χ0) is 11.4. The van der Waals surface area contributed by atoms with E-state index in [4.69, 9.17) is 4.74 Å². The van der Waals surface area contributed by atoms with Gasteiger partial charge in [-0.1, -0.05) is 6.92 Å². The fourth-order valence-corrected chi connectivity index (χ4v) is 1.34. The molecule has 0 radical (unpaired) electrons. The van der Waals surface area contributed by atoms with Crippen molar-refractivity contribution in [1.29, 1.82) is 0 Å². The monoisotopic (exact) mass is 208 g/mol. The number of hydrogen-bond acceptors (Lipinski definition) is 4. The first-order valence-corrected chi connectivity index (χ1v) is 5.01. The summed E-state index contributed by atoms with van der Waals surface area (Å²) in [6.45, 7) is 7.43. The van der Waals surface area contributed by atoms with E-state index in [0.717, 1.165) is 29.2 Å². The molecule has 0 N–H and O–H groups in total. The van der Waals surface area contributed by atoms with E-state index in [1.807, 2.05) is 20.8 Å². The summed E-state index contributed by atoms with van der Waals surface area (Å²) in [5.74, 6) is -0.298. The molecule has 0 fully saturated rings. The number of esters is 1. The Morgan fingerprint density at radius 1 is 1.20 bits per heavy atom. The van der Waals surface area contributed by atoms with Gasteiger partial charge < -0.3 is 4.74 Å². The van der Waals surface area contributed by atoms with E-state index in [2.05, 4.69) is 9.97 Å². The summed E-state index contributed by atoms with van der Waals surface area (Å²) in [6.07, 6.45) is 0.869. The minimum Gasteiger partial charge on any atom is -0.459 e. The second kappa shape index (κ2) is 4.87. The number of aromatic nitrogens is 2. The number of hydrogen-bond donors (Lipinski definition) is 0. The molecular formula is C11H16N2O2. The third-order valence-electron chi connectivity index (χ3n) is 2.19. The van der Waals surface area contributed by atoms with Crippen LogP contribution < -0.4 is 0 Å². The summed E-state index contributed by atoms with van der Waals surface area (Å²) >= 11 is 0. The van der Waals surface area contributed by atoms with Gasteiger partial charge in [-0.3, -0.25) is 14.8 Å². The number of rotatable bonds is 3. The summed E-state index contributed by atoms with van der Waals surface area (Å²) in [5.41, 5.74) is 3.47. The standard InChI is InChI=1S/C11H16N2O2/c1-5-10-7(2)13-11(8(3)12-10)6-15-9(4)14/h5-6H2,1-4H3. The molecule has 4 heteroatoms. The van der Waals surface area contributed by atoms with Crippen LogP contribution in [0.5, 0.6) is 0 Å². The first kappa shape index (κ1) is 11.6. The Balaban J connectivity index is 2.90. The van der Waals surface area contributed by atoms with Gasteiger partial charge in [0.25, 0.3) is 0 Å². The van der Waals surface area contributed by atoms with Crippen LogP contribution in [0.1, 0.15) is 36.6 Å². The molecule has 1 rings (SSSR count). The molecule has 0 aliphatic carbocycles. The van der Waals surface area contributed by atoms with Gasteiger partial charge in [-0.15, -0.1) is 0 Å². The van der Waals surface area contributed by atoms with Crippen molar-refractivity contribution in [1.82, 2.24) is 9.97 Å². The van der Waals surface area contributed by atoms with Gasteiger partial charge in [0.05, 0.1) is 22.8 Å². The number of aryl methyl sites for hydroxylation is 3. The Morgan fingerprint density at radius 3 is 2.27 bits per heavy atom. The maximum absolute atomic E-state index is 10.7. The quantitative estimate of drug-likeness (QED) is 0.710. The molecule has 0 atom stereocenters. The first-order valence-electron chi connectivity index (χ1n) is 5.01. The van der Waals surface area contributed by atoms with E-state index in [9.17, 15) is 4.79 Å². The molecule has 4 nitrogen and oxygen atoms in total. The average molecular weight is 208 g/mol. The van der Waals surface area contributed by atoms with Crippen LogP contribution in [0, 0.1) is 13.8 Å². The van der Waals surface area contributed by atoms with Crippen molar-refractivity contribution >= 4 is 5.97 Å². The van der Waals surface area contributed by atoms with Crippen LogP contribution in [0.2, 0.25) is 0 Å². The van der Waals surface area contributed by atoms with Crippen molar-refractivity contribution in [3.8, 4) is 0 Å². The van der Waals surface area contributed by atoms with Crippen molar-refractivity contribution in [2.45, 2.75) is 40.7 Å². The predicted molar refractivity (Wildman–Crippen MR) is 56.4 cm³/mol. The summed E-state index contributed by atoms with van der Waals surface area (Å²) < 4.78 is 4.90. The lowest BCUT2D eigenvalue weighted by molar-refractivity contribution is -0.142. The van der Waals surface area contributed by atoms with E-state index in [-0.39, 0.29) is 12.6 Å². The zero-order valence-corrected chi connectivity index (χ0v) is 9.63. The lowest BCUT2D eigenvalue weighted by Crippen LogP contribution is -2.08. The zero-order valence-electron chi connectivity index (χ0n) is 9.63. The highest BCUT2D eigenvalue weighted by Crippen LogP contribution is 2.09. The van der Waals surface area contributed by atoms with Gasteiger partial charge in [0.2, 0.25) is 0 Å². The molecule has 0 spiro atoms. The van der Waals surface area contributed by atoms with Gasteiger partial charge in [0.15, 0.2) is 0 Å². The van der Waals surface area contributed by atoms with E-state index < -0.39 is 0 Å². The highest BCUT2D eigenvalue weighted by atomic mass is 16.5. The van der Waals surface area contributed by atoms with Gasteiger partial charge in [-0.05, 0) is 20.3 Å². The molecule has 0 amide bonds. The van der Waals surface area contributed by atoms with Crippen LogP contribution in [-0.4, -0.2) is 15.9 Å². The average Bonchev–Trinajstić information content (AvgIpc) is 2.18. The summed E-state index contributed by atoms with van der Waals surface area (Å²) in [4.78, 5) is 19.5. The summed E-state index contributed by atoms with van der Waals surface area (Å²) in [5, 5.41) is 0. The number of ether oxygens (including phenoxy) is 1. The molecule has 1 aromatic heterocycles. The van der Waals surface area contributed by atoms with E-state index >= 15 is 0 Å². The number of carbonyl (C=O) groups excluding carboxylic acids is 1. The Bertz CT molecular complexity index is 375. The van der Waals surface area contributed by atoms with E-state index in [0.29, 0.717) is 0 Å². The fourth-order valence-electron chi connectivity index (χ4n) is 1.34. The van der Waals surface area contributed by atoms with Gasteiger partial charge in [-0.2, -0.15) is 0 Å². The third-order valence-corrected chi connectivity index (χ3v) is 2.19. The molecule has 0 aliphatic heterocycles. The normalized spacial score (nSPS) is 10.1. The highest BCUT2D eigenvalue weighted by Gasteiger charge is 2.07. The van der Waals surface area contributed by atoms with Crippen molar-refractivity contribution in [2.75, 3.05) is 0 Å². The molecule has 1 aromatic rings. The van der Waals surface area contributed by atoms with Crippen LogP contribution in [-0.2, 0) is 22.6 Å². The van der Waals surface area contributed by atoms with Crippen molar-refractivity contribution in [2.24, 2.45) is 0 Å². The Hall–Kier alpha value is -1.45. The van der Waals surface area contributed by atoms with Crippen LogP contribution >= 0.6 is 0 Å². The first-order chi connectivity index (χ1) is 7.04. The van der Waals surface area contributed by atoms with Gasteiger partial charge in [0, 0.05) is 6.92 Å². The Morgan fingerprint density at radius 2 is 1.73 bits per heavy atom. The minimum absolute atomic E-state index is 0.207. The largest absolute Gasteiger partial charge is 0.459 e. The molecule has 0 saturated heterocycles. The molecule has 0 bridgehead atoms. The van der Waals surface area contributed by atoms with Crippen molar-refractivity contribution in [3.05, 3.63) is 22.8 Å². The third kappa shape index (κ3) is 3.01. The van der Waals surface area contributed by atoms with Crippen LogP contribution in [0.25, 0.3) is 0 Å². The van der Waals surface area contributed by atoms with Crippen molar-refractivity contribution < 1.29 is 9.53 Å². The van der Waals surface area contributed by atoms with Crippen LogP contribution in [0.3, 0.4) is 0 Å². The molecule has 0 saturated carbocycles. The second-order valence-electron chi connectivity index (χ2n) is 3.42. The molecule has 0 aromatic carbocycles. The van der Waals surface area contributed by atoms with Crippen molar-refractivity contribution in [3.63, 3.8) is 0 Å². The lowest BCUT2D eigenvalue weighted by Gasteiger charge is -2.08. The Kier molecular flexibility index (Phi) is 3.77. The maximum atomic E-state index is 10.7. The molecule has 82 valence electrons. The topological polar surface area (TPSA) is 52.1 Å². The predicted octanol–water partition coefficient (Wildman–Crippen LogP) is 1.72. The lowest BCUT2D eigenvalue weighted by atomic mass is 10.2. The minimum atomic E-state index is -0.298. The fraction of sp³-hybridized carbons (Fsp3) is 0.545. The summed E-state index contributed by atoms with van der Waals surface area (Å²) in [6, 6.07) is 0. The number of carbonyl (C=O) groups is 1. The summed E-state index contributed by atoms with van der Waals surface area (Å²) in [7, 11) is 0. The van der Waals surface area contributed by atoms with E-state index in [1.165, 1.54) is 6.92 Å². The van der Waals surface area contributed by atoms with E-state index in [1.54, 1.807) is 0 Å². The maximum Gasteiger partial charge on any atom is 0.303 e.